The molecule has 1 N–H and O–H groups in total. The molecule has 1 aromatic rings. The molecular weight excluding hydrogens is 286 g/mol. The molecule has 4 nitrogen and oxygen atoms in total. The van der Waals surface area contributed by atoms with Gasteiger partial charge in [0, 0.05) is 19.2 Å². The Labute approximate surface area is 126 Å². The number of hydrogen-bond donors (Lipinski definition) is 1. The number of rotatable bonds is 4. The monoisotopic (exact) mass is 307 g/mol. The van der Waals surface area contributed by atoms with Gasteiger partial charge in [-0.3, -0.25) is 0 Å². The molecule has 0 saturated heterocycles. The fourth-order valence-electron chi connectivity index (χ4n) is 2.35. The van der Waals surface area contributed by atoms with E-state index in [-0.39, 0.29) is 6.61 Å². The first-order valence-electron chi connectivity index (χ1n) is 7.03. The molecule has 1 fully saturated rings. The first kappa shape index (κ1) is 16.0. The number of aryl methyl sites for hydroxylation is 1. The topological polar surface area (TPSA) is 57.6 Å². The van der Waals surface area contributed by atoms with Gasteiger partial charge in [-0.15, -0.1) is 0 Å². The number of aliphatic hydroxyl groups is 1. The SMILES string of the molecule is Cc1ccc(C#CCO)cc1S(=O)(=O)N(C)CC1CC1C. The van der Waals surface area contributed by atoms with Gasteiger partial charge in [-0.25, -0.2) is 12.7 Å². The van der Waals surface area contributed by atoms with E-state index in [1.54, 1.807) is 32.2 Å². The summed E-state index contributed by atoms with van der Waals surface area (Å²) in [5, 5.41) is 8.73. The van der Waals surface area contributed by atoms with Crippen molar-refractivity contribution < 1.29 is 13.5 Å². The van der Waals surface area contributed by atoms with Crippen LogP contribution in [0.2, 0.25) is 0 Å². The largest absolute Gasteiger partial charge is 0.384 e. The molecule has 114 valence electrons. The van der Waals surface area contributed by atoms with E-state index >= 15 is 0 Å². The van der Waals surface area contributed by atoms with Crippen LogP contribution in [0, 0.1) is 30.6 Å². The second kappa shape index (κ2) is 6.18. The number of nitrogens with zero attached hydrogens (tertiary/aromatic N) is 1. The van der Waals surface area contributed by atoms with Crippen molar-refractivity contribution in [2.75, 3.05) is 20.2 Å². The van der Waals surface area contributed by atoms with Gasteiger partial charge in [0.1, 0.15) is 6.61 Å². The Balaban J connectivity index is 2.29. The zero-order valence-electron chi connectivity index (χ0n) is 12.6. The summed E-state index contributed by atoms with van der Waals surface area (Å²) >= 11 is 0. The van der Waals surface area contributed by atoms with Crippen LogP contribution in [0.3, 0.4) is 0 Å². The van der Waals surface area contributed by atoms with E-state index in [2.05, 4.69) is 18.8 Å². The molecule has 2 unspecified atom stereocenters. The summed E-state index contributed by atoms with van der Waals surface area (Å²) in [7, 11) is -1.86. The number of benzene rings is 1. The molecule has 0 spiro atoms. The molecule has 1 aliphatic carbocycles. The third kappa shape index (κ3) is 3.65. The first-order chi connectivity index (χ1) is 9.86. The van der Waals surface area contributed by atoms with E-state index in [1.807, 2.05) is 0 Å². The van der Waals surface area contributed by atoms with Gasteiger partial charge in [0.2, 0.25) is 10.0 Å². The third-order valence-electron chi connectivity index (χ3n) is 3.96. The van der Waals surface area contributed by atoms with Crippen LogP contribution < -0.4 is 0 Å². The average molecular weight is 307 g/mol. The molecule has 2 rings (SSSR count). The summed E-state index contributed by atoms with van der Waals surface area (Å²) in [4.78, 5) is 0.294. The zero-order chi connectivity index (χ0) is 15.6. The quantitative estimate of drug-likeness (QED) is 0.860. The van der Waals surface area contributed by atoms with Gasteiger partial charge in [0.25, 0.3) is 0 Å². The van der Waals surface area contributed by atoms with E-state index < -0.39 is 10.0 Å². The lowest BCUT2D eigenvalue weighted by molar-refractivity contribution is 0.350. The van der Waals surface area contributed by atoms with E-state index in [0.717, 1.165) is 6.42 Å². The maximum Gasteiger partial charge on any atom is 0.243 e. The minimum atomic E-state index is -3.49. The van der Waals surface area contributed by atoms with Crippen molar-refractivity contribution in [1.82, 2.24) is 4.31 Å². The Bertz CT molecular complexity index is 685. The molecule has 0 radical (unpaired) electrons. The molecule has 0 aromatic heterocycles. The molecule has 0 aliphatic heterocycles. The number of aliphatic hydroxyl groups excluding tert-OH is 1. The van der Waals surface area contributed by atoms with E-state index in [0.29, 0.717) is 34.4 Å². The predicted molar refractivity (Wildman–Crippen MR) is 82.2 cm³/mol. The normalized spacial score (nSPS) is 21.0. The van der Waals surface area contributed by atoms with Crippen molar-refractivity contribution in [3.8, 4) is 11.8 Å². The van der Waals surface area contributed by atoms with Crippen molar-refractivity contribution in [3.63, 3.8) is 0 Å². The van der Waals surface area contributed by atoms with Crippen LogP contribution >= 0.6 is 0 Å². The van der Waals surface area contributed by atoms with Crippen LogP contribution in [-0.4, -0.2) is 38.0 Å². The Kier molecular flexibility index (Phi) is 4.72. The second-order valence-electron chi connectivity index (χ2n) is 5.70. The molecular formula is C16H21NO3S. The van der Waals surface area contributed by atoms with Crippen LogP contribution in [0.15, 0.2) is 23.1 Å². The van der Waals surface area contributed by atoms with Crippen molar-refractivity contribution in [2.24, 2.45) is 11.8 Å². The van der Waals surface area contributed by atoms with Crippen molar-refractivity contribution in [1.29, 1.82) is 0 Å². The van der Waals surface area contributed by atoms with Crippen LogP contribution in [0.5, 0.6) is 0 Å². The zero-order valence-corrected chi connectivity index (χ0v) is 13.4. The van der Waals surface area contributed by atoms with Gasteiger partial charge < -0.3 is 5.11 Å². The van der Waals surface area contributed by atoms with Gasteiger partial charge in [0.15, 0.2) is 0 Å². The van der Waals surface area contributed by atoms with Crippen LogP contribution in [0.4, 0.5) is 0 Å². The summed E-state index contributed by atoms with van der Waals surface area (Å²) in [5.74, 6) is 6.38. The molecule has 1 saturated carbocycles. The van der Waals surface area contributed by atoms with Gasteiger partial charge >= 0.3 is 0 Å². The fraction of sp³-hybridized carbons (Fsp3) is 0.500. The van der Waals surface area contributed by atoms with Gasteiger partial charge in [-0.05, 0) is 42.9 Å². The third-order valence-corrected chi connectivity index (χ3v) is 5.92. The Morgan fingerprint density at radius 2 is 2.10 bits per heavy atom. The minimum absolute atomic E-state index is 0.241. The van der Waals surface area contributed by atoms with Crippen molar-refractivity contribution in [3.05, 3.63) is 29.3 Å². The highest BCUT2D eigenvalue weighted by atomic mass is 32.2. The van der Waals surface area contributed by atoms with Gasteiger partial charge in [-0.2, -0.15) is 0 Å². The van der Waals surface area contributed by atoms with Gasteiger partial charge in [0.05, 0.1) is 4.90 Å². The summed E-state index contributed by atoms with van der Waals surface area (Å²) in [6, 6.07) is 5.10. The highest BCUT2D eigenvalue weighted by molar-refractivity contribution is 7.89. The first-order valence-corrected chi connectivity index (χ1v) is 8.47. The number of hydrogen-bond acceptors (Lipinski definition) is 3. The smallest absolute Gasteiger partial charge is 0.243 e. The summed E-state index contributed by atoms with van der Waals surface area (Å²) in [6.07, 6.45) is 1.10. The second-order valence-corrected chi connectivity index (χ2v) is 7.71. The molecule has 0 heterocycles. The average Bonchev–Trinajstić information content (AvgIpc) is 3.12. The standard InChI is InChI=1S/C16H21NO3S/c1-12-6-7-14(5-4-8-18)10-16(12)21(19,20)17(3)11-15-9-13(15)2/h6-7,10,13,15,18H,8-9,11H2,1-3H3. The number of sulfonamides is 1. The maximum atomic E-state index is 12.7. The van der Waals surface area contributed by atoms with E-state index in [4.69, 9.17) is 5.11 Å². The predicted octanol–water partition coefficient (Wildman–Crippen LogP) is 1.62. The Morgan fingerprint density at radius 1 is 1.43 bits per heavy atom. The lowest BCUT2D eigenvalue weighted by Crippen LogP contribution is -2.29. The van der Waals surface area contributed by atoms with E-state index in [9.17, 15) is 8.42 Å². The molecule has 2 atom stereocenters. The lowest BCUT2D eigenvalue weighted by atomic mass is 10.1. The summed E-state index contributed by atoms with van der Waals surface area (Å²) in [5.41, 5.74) is 1.31. The van der Waals surface area contributed by atoms with E-state index in [1.165, 1.54) is 4.31 Å². The highest BCUT2D eigenvalue weighted by Crippen LogP contribution is 2.38. The van der Waals surface area contributed by atoms with Crippen LogP contribution in [-0.2, 0) is 10.0 Å². The highest BCUT2D eigenvalue weighted by Gasteiger charge is 2.36. The lowest BCUT2D eigenvalue weighted by Gasteiger charge is -2.18. The summed E-state index contributed by atoms with van der Waals surface area (Å²) < 4.78 is 26.8. The Morgan fingerprint density at radius 3 is 2.67 bits per heavy atom. The minimum Gasteiger partial charge on any atom is -0.384 e. The van der Waals surface area contributed by atoms with Crippen LogP contribution in [0.1, 0.15) is 24.5 Å². The maximum absolute atomic E-state index is 12.7. The Hall–Kier alpha value is -1.35. The summed E-state index contributed by atoms with van der Waals surface area (Å²) in [6.45, 7) is 4.25. The fourth-order valence-corrected chi connectivity index (χ4v) is 3.82. The van der Waals surface area contributed by atoms with Crippen molar-refractivity contribution >= 4 is 10.0 Å². The molecule has 0 amide bonds. The van der Waals surface area contributed by atoms with Crippen LogP contribution in [0.25, 0.3) is 0 Å². The molecule has 1 aliphatic rings. The van der Waals surface area contributed by atoms with Gasteiger partial charge in [-0.1, -0.05) is 24.8 Å². The van der Waals surface area contributed by atoms with Crippen molar-refractivity contribution in [2.45, 2.75) is 25.2 Å². The molecule has 0 bridgehead atoms. The molecule has 1 aromatic carbocycles. The molecule has 21 heavy (non-hydrogen) atoms. The molecule has 5 heteroatoms.